The molecule has 0 fully saturated rings. The summed E-state index contributed by atoms with van der Waals surface area (Å²) in [5, 5.41) is 11.6. The van der Waals surface area contributed by atoms with Gasteiger partial charge in [0, 0.05) is 18.1 Å². The van der Waals surface area contributed by atoms with Crippen molar-refractivity contribution in [1.29, 1.82) is 5.26 Å². The van der Waals surface area contributed by atoms with Gasteiger partial charge in [-0.25, -0.2) is 9.97 Å². The maximum absolute atomic E-state index is 12.7. The second kappa shape index (κ2) is 5.69. The molecule has 0 saturated heterocycles. The number of aryl methyl sites for hydroxylation is 1. The summed E-state index contributed by atoms with van der Waals surface area (Å²) in [5.41, 5.74) is -0.0710. The monoisotopic (exact) mass is 312 g/mol. The summed E-state index contributed by atoms with van der Waals surface area (Å²) in [5.74, 6) is 0.000165. The summed E-state index contributed by atoms with van der Waals surface area (Å²) in [4.78, 5) is 9.31. The molecule has 4 nitrogen and oxygen atoms in total. The zero-order chi connectivity index (χ0) is 15.6. The lowest BCUT2D eigenvalue weighted by atomic mass is 10.2. The van der Waals surface area contributed by atoms with E-state index in [4.69, 9.17) is 5.26 Å². The molecule has 0 spiro atoms. The summed E-state index contributed by atoms with van der Waals surface area (Å²) in [7, 11) is 1.58. The molecule has 110 valence electrons. The summed E-state index contributed by atoms with van der Waals surface area (Å²) in [6, 6.07) is 3.80. The zero-order valence-corrected chi connectivity index (χ0v) is 12.1. The van der Waals surface area contributed by atoms with E-state index in [1.807, 2.05) is 18.4 Å². The fourth-order valence-corrected chi connectivity index (χ4v) is 2.56. The number of nitrogens with zero attached hydrogens (tertiary/aromatic N) is 4. The molecule has 0 unspecified atom stereocenters. The Morgan fingerprint density at radius 2 is 2.05 bits per heavy atom. The molecule has 8 heteroatoms. The van der Waals surface area contributed by atoms with Crippen molar-refractivity contribution >= 4 is 17.2 Å². The molecule has 0 radical (unpaired) electrons. The van der Waals surface area contributed by atoms with Crippen molar-refractivity contribution in [2.24, 2.45) is 0 Å². The quantitative estimate of drug-likeness (QED) is 0.872. The summed E-state index contributed by atoms with van der Waals surface area (Å²) < 4.78 is 38.2. The van der Waals surface area contributed by atoms with Crippen LogP contribution in [0.5, 0.6) is 0 Å². The SMILES string of the molecule is Cc1csc(CN(C)c2nc(C(F)(F)F)ccc2C#N)n1. The number of aromatic nitrogens is 2. The van der Waals surface area contributed by atoms with Crippen LogP contribution < -0.4 is 4.90 Å². The van der Waals surface area contributed by atoms with E-state index in [1.54, 1.807) is 7.05 Å². The molecule has 0 bridgehead atoms. The standard InChI is InChI=1S/C13H11F3N4S/c1-8-7-21-11(18-8)6-20(2)12-9(5-17)3-4-10(19-12)13(14,15)16/h3-4,7H,6H2,1-2H3. The number of anilines is 1. The summed E-state index contributed by atoms with van der Waals surface area (Å²) in [6.07, 6.45) is -4.54. The topological polar surface area (TPSA) is 52.8 Å². The average Bonchev–Trinajstić information content (AvgIpc) is 2.82. The molecule has 2 heterocycles. The molecule has 0 amide bonds. The van der Waals surface area contributed by atoms with Crippen LogP contribution in [-0.4, -0.2) is 17.0 Å². The van der Waals surface area contributed by atoms with E-state index in [0.29, 0.717) is 6.54 Å². The highest BCUT2D eigenvalue weighted by Gasteiger charge is 2.33. The number of thiazole rings is 1. The molecule has 0 atom stereocenters. The van der Waals surface area contributed by atoms with Crippen molar-refractivity contribution in [2.75, 3.05) is 11.9 Å². The maximum Gasteiger partial charge on any atom is 0.433 e. The average molecular weight is 312 g/mol. The van der Waals surface area contributed by atoms with Gasteiger partial charge in [0.05, 0.1) is 12.1 Å². The third kappa shape index (κ3) is 3.49. The van der Waals surface area contributed by atoms with E-state index in [9.17, 15) is 13.2 Å². The van der Waals surface area contributed by atoms with Gasteiger partial charge in [0.2, 0.25) is 0 Å². The van der Waals surface area contributed by atoms with E-state index in [1.165, 1.54) is 16.2 Å². The molecule has 0 saturated carbocycles. The molecule has 0 aliphatic heterocycles. The van der Waals surface area contributed by atoms with Gasteiger partial charge < -0.3 is 4.90 Å². The Morgan fingerprint density at radius 1 is 1.33 bits per heavy atom. The van der Waals surface area contributed by atoms with Crippen LogP contribution in [0.3, 0.4) is 0 Å². The van der Waals surface area contributed by atoms with Crippen molar-refractivity contribution < 1.29 is 13.2 Å². The number of pyridine rings is 1. The Bertz CT molecular complexity index is 687. The highest BCUT2D eigenvalue weighted by atomic mass is 32.1. The Kier molecular flexibility index (Phi) is 4.14. The highest BCUT2D eigenvalue weighted by molar-refractivity contribution is 7.09. The normalized spacial score (nSPS) is 11.2. The van der Waals surface area contributed by atoms with Gasteiger partial charge in [-0.3, -0.25) is 0 Å². The zero-order valence-electron chi connectivity index (χ0n) is 11.3. The maximum atomic E-state index is 12.7. The lowest BCUT2D eigenvalue weighted by Gasteiger charge is -2.19. The first-order chi connectivity index (χ1) is 9.81. The highest BCUT2D eigenvalue weighted by Crippen LogP contribution is 2.30. The van der Waals surface area contributed by atoms with Crippen LogP contribution in [0.25, 0.3) is 0 Å². The van der Waals surface area contributed by atoms with Crippen LogP contribution in [0.15, 0.2) is 17.5 Å². The third-order valence-electron chi connectivity index (χ3n) is 2.69. The van der Waals surface area contributed by atoms with Crippen LogP contribution in [0.2, 0.25) is 0 Å². The minimum Gasteiger partial charge on any atom is -0.352 e. The lowest BCUT2D eigenvalue weighted by molar-refractivity contribution is -0.141. The van der Waals surface area contributed by atoms with E-state index in [0.717, 1.165) is 22.8 Å². The second-order valence-corrected chi connectivity index (χ2v) is 5.36. The van der Waals surface area contributed by atoms with Gasteiger partial charge in [-0.05, 0) is 19.1 Å². The molecular weight excluding hydrogens is 301 g/mol. The van der Waals surface area contributed by atoms with Crippen LogP contribution >= 0.6 is 11.3 Å². The van der Waals surface area contributed by atoms with Gasteiger partial charge in [-0.2, -0.15) is 18.4 Å². The summed E-state index contributed by atoms with van der Waals surface area (Å²) >= 11 is 1.41. The fourth-order valence-electron chi connectivity index (χ4n) is 1.74. The van der Waals surface area contributed by atoms with Crippen molar-refractivity contribution in [3.05, 3.63) is 39.5 Å². The number of halogens is 3. The van der Waals surface area contributed by atoms with Crippen LogP contribution in [0.4, 0.5) is 19.0 Å². The van der Waals surface area contributed by atoms with E-state index in [-0.39, 0.29) is 11.4 Å². The van der Waals surface area contributed by atoms with Gasteiger partial charge in [0.1, 0.15) is 22.6 Å². The fraction of sp³-hybridized carbons (Fsp3) is 0.308. The Morgan fingerprint density at radius 3 is 2.57 bits per heavy atom. The number of nitriles is 1. The van der Waals surface area contributed by atoms with E-state index < -0.39 is 11.9 Å². The van der Waals surface area contributed by atoms with Crippen LogP contribution in [-0.2, 0) is 12.7 Å². The van der Waals surface area contributed by atoms with Crippen molar-refractivity contribution in [3.8, 4) is 6.07 Å². The molecule has 21 heavy (non-hydrogen) atoms. The second-order valence-electron chi connectivity index (χ2n) is 4.42. The van der Waals surface area contributed by atoms with Gasteiger partial charge >= 0.3 is 6.18 Å². The molecule has 2 aromatic rings. The number of hydrogen-bond acceptors (Lipinski definition) is 5. The Hall–Kier alpha value is -2.14. The molecule has 0 aromatic carbocycles. The first kappa shape index (κ1) is 15.3. The minimum absolute atomic E-state index is 0.000165. The van der Waals surface area contributed by atoms with Crippen LogP contribution in [0.1, 0.15) is 22.0 Å². The number of hydrogen-bond donors (Lipinski definition) is 0. The molecule has 0 aliphatic carbocycles. The van der Waals surface area contributed by atoms with Gasteiger partial charge in [0.15, 0.2) is 0 Å². The van der Waals surface area contributed by atoms with Crippen molar-refractivity contribution in [3.63, 3.8) is 0 Å². The van der Waals surface area contributed by atoms with E-state index in [2.05, 4.69) is 9.97 Å². The Labute approximate surface area is 123 Å². The lowest BCUT2D eigenvalue weighted by Crippen LogP contribution is -2.21. The first-order valence-electron chi connectivity index (χ1n) is 5.91. The third-order valence-corrected chi connectivity index (χ3v) is 3.64. The Balaban J connectivity index is 2.34. The van der Waals surface area contributed by atoms with Crippen molar-refractivity contribution in [2.45, 2.75) is 19.6 Å². The van der Waals surface area contributed by atoms with Gasteiger partial charge in [-0.15, -0.1) is 11.3 Å². The molecule has 0 N–H and O–H groups in total. The van der Waals surface area contributed by atoms with Gasteiger partial charge in [-0.1, -0.05) is 0 Å². The molecule has 0 aliphatic rings. The number of rotatable bonds is 3. The predicted octanol–water partition coefficient (Wildman–Crippen LogP) is 3.37. The van der Waals surface area contributed by atoms with Crippen LogP contribution in [0, 0.1) is 18.3 Å². The summed E-state index contributed by atoms with van der Waals surface area (Å²) in [6.45, 7) is 2.13. The van der Waals surface area contributed by atoms with Gasteiger partial charge in [0.25, 0.3) is 0 Å². The molecule has 2 aromatic heterocycles. The van der Waals surface area contributed by atoms with E-state index >= 15 is 0 Å². The smallest absolute Gasteiger partial charge is 0.352 e. The molecule has 2 rings (SSSR count). The number of alkyl halides is 3. The van der Waals surface area contributed by atoms with Crippen molar-refractivity contribution in [1.82, 2.24) is 9.97 Å². The molecular formula is C13H11F3N4S. The largest absolute Gasteiger partial charge is 0.433 e. The first-order valence-corrected chi connectivity index (χ1v) is 6.79. The minimum atomic E-state index is -4.54. The predicted molar refractivity (Wildman–Crippen MR) is 72.9 cm³/mol.